The fourth-order valence-electron chi connectivity index (χ4n) is 2.48. The number of rotatable bonds is 15. The first-order valence-corrected chi connectivity index (χ1v) is 9.11. The average Bonchev–Trinajstić information content (AvgIpc) is 2.45. The maximum atomic E-state index is 11.7. The van der Waals surface area contributed by atoms with Gasteiger partial charge in [0.25, 0.3) is 0 Å². The highest BCUT2D eigenvalue weighted by molar-refractivity contribution is 6.19. The maximum Gasteiger partial charge on any atom is 0.162 e. The minimum absolute atomic E-state index is 0.0193. The second kappa shape index (κ2) is 14.8. The van der Waals surface area contributed by atoms with Gasteiger partial charge < -0.3 is 10.2 Å². The molecule has 0 aromatic heterocycles. The Hall–Kier alpha value is -0.120. The van der Waals surface area contributed by atoms with Gasteiger partial charge in [0.05, 0.1) is 5.92 Å². The number of carbonyl (C=O) groups is 1. The Bertz CT molecular complexity index is 244. The highest BCUT2D eigenvalue weighted by atomic mass is 35.5. The molecule has 0 rings (SSSR count). The number of halogens is 1. The van der Waals surface area contributed by atoms with Gasteiger partial charge in [0.15, 0.2) is 6.29 Å². The van der Waals surface area contributed by atoms with E-state index in [1.165, 1.54) is 51.4 Å². The van der Waals surface area contributed by atoms with Crippen LogP contribution in [0, 0.1) is 5.92 Å². The molecule has 4 heteroatoms. The lowest BCUT2D eigenvalue weighted by Crippen LogP contribution is -2.29. The molecule has 126 valence electrons. The van der Waals surface area contributed by atoms with Crippen molar-refractivity contribution >= 4 is 17.4 Å². The normalized spacial score (nSPS) is 12.8. The van der Waals surface area contributed by atoms with Crippen LogP contribution in [0.3, 0.4) is 0 Å². The van der Waals surface area contributed by atoms with Crippen LogP contribution in [-0.2, 0) is 4.79 Å². The third kappa shape index (κ3) is 12.1. The maximum absolute atomic E-state index is 11.7. The predicted octanol–water partition coefficient (Wildman–Crippen LogP) is 4.42. The topological polar surface area (TPSA) is 57.5 Å². The summed E-state index contributed by atoms with van der Waals surface area (Å²) in [4.78, 5) is 11.7. The van der Waals surface area contributed by atoms with Crippen LogP contribution in [0.25, 0.3) is 0 Å². The highest BCUT2D eigenvalue weighted by Crippen LogP contribution is 2.14. The minimum Gasteiger partial charge on any atom is -0.367 e. The summed E-state index contributed by atoms with van der Waals surface area (Å²) in [6.45, 7) is 2.24. The molecule has 1 atom stereocenters. The van der Waals surface area contributed by atoms with Crippen LogP contribution in [0.5, 0.6) is 0 Å². The van der Waals surface area contributed by atoms with E-state index in [0.29, 0.717) is 6.42 Å². The molecule has 2 N–H and O–H groups in total. The number of aliphatic hydroxyl groups excluding tert-OH is 1. The van der Waals surface area contributed by atoms with Crippen molar-refractivity contribution in [1.29, 1.82) is 0 Å². The van der Waals surface area contributed by atoms with E-state index in [1.807, 2.05) is 0 Å². The summed E-state index contributed by atoms with van der Waals surface area (Å²) in [7, 11) is 0. The lowest BCUT2D eigenvalue weighted by Gasteiger charge is -2.14. The fourth-order valence-corrected chi connectivity index (χ4v) is 2.81. The molecule has 0 aliphatic heterocycles. The third-order valence-corrected chi connectivity index (χ3v) is 4.30. The van der Waals surface area contributed by atoms with Gasteiger partial charge in [-0.1, -0.05) is 71.1 Å². The van der Waals surface area contributed by atoms with E-state index < -0.39 is 12.2 Å². The number of hydrogen-bond acceptors (Lipinski definition) is 3. The quantitative estimate of drug-likeness (QED) is 0.267. The fraction of sp³-hybridized carbons (Fsp3) is 0.941. The monoisotopic (exact) mass is 320 g/mol. The van der Waals surface area contributed by atoms with E-state index in [0.717, 1.165) is 19.3 Å². The van der Waals surface area contributed by atoms with E-state index in [-0.39, 0.29) is 11.7 Å². The van der Waals surface area contributed by atoms with Crippen LogP contribution in [0.4, 0.5) is 0 Å². The molecule has 0 heterocycles. The first kappa shape index (κ1) is 20.9. The molecule has 0 aromatic carbocycles. The van der Waals surface area contributed by atoms with Crippen molar-refractivity contribution in [2.24, 2.45) is 5.92 Å². The molecule has 0 spiro atoms. The standard InChI is InChI=1S/C17H33ClO3/c1-2-3-4-5-6-7-8-9-10-11-12-13-16(19)15(14-18)17(20)21/h15,17,20-21H,2-14H2,1H3. The molecule has 0 fully saturated rings. The Morgan fingerprint density at radius 2 is 1.29 bits per heavy atom. The van der Waals surface area contributed by atoms with Crippen molar-refractivity contribution in [3.8, 4) is 0 Å². The number of carbonyl (C=O) groups excluding carboxylic acids is 1. The van der Waals surface area contributed by atoms with Crippen LogP contribution in [0.2, 0.25) is 0 Å². The molecule has 1 unspecified atom stereocenters. The molecular weight excluding hydrogens is 288 g/mol. The number of unbranched alkanes of at least 4 members (excludes halogenated alkanes) is 10. The number of alkyl halides is 1. The van der Waals surface area contributed by atoms with E-state index in [4.69, 9.17) is 21.8 Å². The first-order chi connectivity index (χ1) is 10.1. The Kier molecular flexibility index (Phi) is 14.7. The first-order valence-electron chi connectivity index (χ1n) is 8.58. The van der Waals surface area contributed by atoms with Crippen LogP contribution in [-0.4, -0.2) is 28.2 Å². The van der Waals surface area contributed by atoms with Gasteiger partial charge in [0, 0.05) is 12.3 Å². The van der Waals surface area contributed by atoms with Gasteiger partial charge in [-0.3, -0.25) is 4.79 Å². The van der Waals surface area contributed by atoms with Crippen LogP contribution < -0.4 is 0 Å². The van der Waals surface area contributed by atoms with Gasteiger partial charge in [-0.25, -0.2) is 0 Å². The molecule has 0 saturated carbocycles. The molecule has 3 nitrogen and oxygen atoms in total. The molecular formula is C17H33ClO3. The van der Waals surface area contributed by atoms with Crippen LogP contribution in [0.15, 0.2) is 0 Å². The molecule has 0 aliphatic carbocycles. The average molecular weight is 321 g/mol. The Balaban J connectivity index is 3.34. The van der Waals surface area contributed by atoms with Gasteiger partial charge in [0.1, 0.15) is 5.78 Å². The lowest BCUT2D eigenvalue weighted by atomic mass is 9.99. The third-order valence-electron chi connectivity index (χ3n) is 3.97. The van der Waals surface area contributed by atoms with E-state index in [2.05, 4.69) is 6.92 Å². The smallest absolute Gasteiger partial charge is 0.162 e. The van der Waals surface area contributed by atoms with Crippen LogP contribution >= 0.6 is 11.6 Å². The van der Waals surface area contributed by atoms with Crippen molar-refractivity contribution in [2.45, 2.75) is 90.3 Å². The van der Waals surface area contributed by atoms with E-state index in [1.54, 1.807) is 0 Å². The zero-order valence-corrected chi connectivity index (χ0v) is 14.3. The lowest BCUT2D eigenvalue weighted by molar-refractivity contribution is -0.137. The molecule has 0 amide bonds. The van der Waals surface area contributed by atoms with Crippen molar-refractivity contribution in [3.63, 3.8) is 0 Å². The van der Waals surface area contributed by atoms with Crippen LogP contribution in [0.1, 0.15) is 84.0 Å². The van der Waals surface area contributed by atoms with E-state index in [9.17, 15) is 4.79 Å². The summed E-state index contributed by atoms with van der Waals surface area (Å²) in [5, 5.41) is 18.0. The van der Waals surface area contributed by atoms with Crippen molar-refractivity contribution in [2.75, 3.05) is 5.88 Å². The summed E-state index contributed by atoms with van der Waals surface area (Å²) in [6.07, 6.45) is 12.4. The second-order valence-corrected chi connectivity index (χ2v) is 6.23. The summed E-state index contributed by atoms with van der Waals surface area (Å²) >= 11 is 5.56. The van der Waals surface area contributed by atoms with Gasteiger partial charge in [-0.05, 0) is 6.42 Å². The van der Waals surface area contributed by atoms with Gasteiger partial charge in [-0.2, -0.15) is 0 Å². The molecule has 0 aliphatic rings. The van der Waals surface area contributed by atoms with Gasteiger partial charge in [0.2, 0.25) is 0 Å². The zero-order chi connectivity index (χ0) is 15.9. The SMILES string of the molecule is CCCCCCCCCCCCCC(=O)C(CCl)C(O)O. The zero-order valence-electron chi connectivity index (χ0n) is 13.5. The number of ketones is 1. The van der Waals surface area contributed by atoms with Crippen molar-refractivity contribution in [1.82, 2.24) is 0 Å². The number of aliphatic hydroxyl groups is 2. The predicted molar refractivity (Wildman–Crippen MR) is 88.5 cm³/mol. The largest absolute Gasteiger partial charge is 0.367 e. The molecule has 0 bridgehead atoms. The van der Waals surface area contributed by atoms with E-state index >= 15 is 0 Å². The summed E-state index contributed by atoms with van der Waals surface area (Å²) in [6, 6.07) is 0. The molecule has 0 aromatic rings. The number of Topliss-reactive ketones (excluding diaryl/α,β-unsaturated/α-hetero) is 1. The Morgan fingerprint density at radius 1 is 0.857 bits per heavy atom. The minimum atomic E-state index is -1.62. The Morgan fingerprint density at radius 3 is 1.67 bits per heavy atom. The Labute approximate surface area is 135 Å². The summed E-state index contributed by atoms with van der Waals surface area (Å²) in [5.74, 6) is -0.972. The second-order valence-electron chi connectivity index (χ2n) is 5.93. The number of hydrogen-bond donors (Lipinski definition) is 2. The molecule has 0 saturated heterocycles. The molecule has 21 heavy (non-hydrogen) atoms. The molecule has 0 radical (unpaired) electrons. The van der Waals surface area contributed by atoms with Crippen molar-refractivity contribution < 1.29 is 15.0 Å². The summed E-state index contributed by atoms with van der Waals surface area (Å²) in [5.41, 5.74) is 0. The van der Waals surface area contributed by atoms with Crippen molar-refractivity contribution in [3.05, 3.63) is 0 Å². The summed E-state index contributed by atoms with van der Waals surface area (Å²) < 4.78 is 0. The highest BCUT2D eigenvalue weighted by Gasteiger charge is 2.23. The van der Waals surface area contributed by atoms with Gasteiger partial charge >= 0.3 is 0 Å². The van der Waals surface area contributed by atoms with Gasteiger partial charge in [-0.15, -0.1) is 11.6 Å².